The monoisotopic (exact) mass is 492 g/mol. The van der Waals surface area contributed by atoms with Gasteiger partial charge in [-0.2, -0.15) is 0 Å². The van der Waals surface area contributed by atoms with Gasteiger partial charge < -0.3 is 14.2 Å². The van der Waals surface area contributed by atoms with Gasteiger partial charge in [0.2, 0.25) is 0 Å². The van der Waals surface area contributed by atoms with Gasteiger partial charge in [0.15, 0.2) is 27.1 Å². The van der Waals surface area contributed by atoms with Crippen molar-refractivity contribution in [2.75, 3.05) is 14.2 Å². The third kappa shape index (κ3) is 5.84. The molecule has 2 aromatic carbocycles. The number of sulfone groups is 1. The van der Waals surface area contributed by atoms with Crippen LogP contribution in [0.1, 0.15) is 31.1 Å². The molecule has 0 bridgehead atoms. The molecule has 1 aliphatic heterocycles. The lowest BCUT2D eigenvalue weighted by Crippen LogP contribution is -2.24. The number of methoxy groups -OCH3 is 2. The fourth-order valence-corrected chi connectivity index (χ4v) is 5.43. The van der Waals surface area contributed by atoms with Crippen LogP contribution in [0, 0.1) is 12.3 Å². The number of allylic oxidation sites excluding steroid dienone is 4. The average Bonchev–Trinajstić information content (AvgIpc) is 2.84. The van der Waals surface area contributed by atoms with Crippen molar-refractivity contribution in [1.82, 2.24) is 0 Å². The highest BCUT2D eigenvalue weighted by Gasteiger charge is 2.35. The van der Waals surface area contributed by atoms with E-state index in [2.05, 4.69) is 5.92 Å². The first kappa shape index (κ1) is 25.9. The molecular formula is C28H28O6S. The highest BCUT2D eigenvalue weighted by Crippen LogP contribution is 2.36. The van der Waals surface area contributed by atoms with Gasteiger partial charge in [-0.15, -0.1) is 6.42 Å². The topological polar surface area (TPSA) is 78.9 Å². The van der Waals surface area contributed by atoms with E-state index >= 15 is 0 Å². The highest BCUT2D eigenvalue weighted by atomic mass is 32.2. The van der Waals surface area contributed by atoms with Crippen LogP contribution in [-0.4, -0.2) is 34.0 Å². The summed E-state index contributed by atoms with van der Waals surface area (Å²) < 4.78 is 43.7. The Hall–Kier alpha value is -3.76. The fourth-order valence-electron chi connectivity index (χ4n) is 3.67. The Morgan fingerprint density at radius 2 is 1.80 bits per heavy atom. The van der Waals surface area contributed by atoms with Crippen molar-refractivity contribution < 1.29 is 27.4 Å². The van der Waals surface area contributed by atoms with Gasteiger partial charge >= 0.3 is 0 Å². The molecule has 6 nitrogen and oxygen atoms in total. The number of hydrogen-bond donors (Lipinski definition) is 0. The van der Waals surface area contributed by atoms with E-state index in [4.69, 9.17) is 20.6 Å². The molecule has 3 rings (SSSR count). The summed E-state index contributed by atoms with van der Waals surface area (Å²) in [4.78, 5) is 13.5. The van der Waals surface area contributed by atoms with Gasteiger partial charge in [0.1, 0.15) is 16.6 Å². The zero-order valence-electron chi connectivity index (χ0n) is 20.1. The van der Waals surface area contributed by atoms with Gasteiger partial charge in [-0.05, 0) is 61.9 Å². The third-order valence-electron chi connectivity index (χ3n) is 5.42. The summed E-state index contributed by atoms with van der Waals surface area (Å²) in [6, 6.07) is 12.6. The molecule has 0 fully saturated rings. The first-order valence-electron chi connectivity index (χ1n) is 10.9. The zero-order valence-corrected chi connectivity index (χ0v) is 21.0. The predicted molar refractivity (Wildman–Crippen MR) is 135 cm³/mol. The normalized spacial score (nSPS) is 15.9. The summed E-state index contributed by atoms with van der Waals surface area (Å²) in [5.41, 5.74) is 0.274. The summed E-state index contributed by atoms with van der Waals surface area (Å²) in [5.74, 6) is 3.25. The second-order valence-corrected chi connectivity index (χ2v) is 10.4. The van der Waals surface area contributed by atoms with Gasteiger partial charge in [0, 0.05) is 6.42 Å². The van der Waals surface area contributed by atoms with Crippen LogP contribution in [-0.2, 0) is 19.4 Å². The Morgan fingerprint density at radius 3 is 2.43 bits per heavy atom. The molecule has 1 heterocycles. The number of ether oxygens (including phenoxy) is 3. The molecule has 35 heavy (non-hydrogen) atoms. The van der Waals surface area contributed by atoms with E-state index in [1.54, 1.807) is 48.6 Å². The smallest absolute Gasteiger partial charge is 0.192 e. The molecule has 2 aromatic rings. The molecule has 0 saturated carbocycles. The quantitative estimate of drug-likeness (QED) is 0.459. The Labute approximate surface area is 206 Å². The first-order valence-corrected chi connectivity index (χ1v) is 12.5. The molecule has 1 aliphatic rings. The Morgan fingerprint density at radius 1 is 1.11 bits per heavy atom. The summed E-state index contributed by atoms with van der Waals surface area (Å²) in [6.45, 7) is 3.77. The van der Waals surface area contributed by atoms with Gasteiger partial charge in [0.05, 0.1) is 24.7 Å². The highest BCUT2D eigenvalue weighted by molar-refractivity contribution is 7.92. The molecule has 0 amide bonds. The minimum absolute atomic E-state index is 0.0527. The maximum absolute atomic E-state index is 13.6. The van der Waals surface area contributed by atoms with Crippen LogP contribution in [0.3, 0.4) is 0 Å². The SMILES string of the molecule is C#CC1=C(/C=C\CC(=O)C(c2ccc(OC)c(OC)c2)S(=O)(=O)c2ccccc2)OC(C)(C)C=C1. The van der Waals surface area contributed by atoms with Crippen LogP contribution in [0.2, 0.25) is 0 Å². The summed E-state index contributed by atoms with van der Waals surface area (Å²) in [6.07, 6.45) is 12.2. The molecule has 7 heteroatoms. The largest absolute Gasteiger partial charge is 0.493 e. The number of ketones is 1. The molecule has 1 atom stereocenters. The lowest BCUT2D eigenvalue weighted by Gasteiger charge is -2.27. The van der Waals surface area contributed by atoms with E-state index in [0.717, 1.165) is 0 Å². The lowest BCUT2D eigenvalue weighted by molar-refractivity contribution is -0.118. The van der Waals surface area contributed by atoms with Crippen LogP contribution in [0.15, 0.2) is 89.1 Å². The van der Waals surface area contributed by atoms with Crippen LogP contribution in [0.4, 0.5) is 0 Å². The minimum Gasteiger partial charge on any atom is -0.493 e. The number of terminal acetylenes is 1. The van der Waals surface area contributed by atoms with E-state index in [9.17, 15) is 13.2 Å². The van der Waals surface area contributed by atoms with Crippen molar-refractivity contribution >= 4 is 15.6 Å². The number of hydrogen-bond acceptors (Lipinski definition) is 6. The number of carbonyl (C=O) groups excluding carboxylic acids is 1. The van der Waals surface area contributed by atoms with Crippen molar-refractivity contribution in [2.24, 2.45) is 0 Å². The molecule has 0 N–H and O–H groups in total. The van der Waals surface area contributed by atoms with Crippen LogP contribution >= 0.6 is 0 Å². The summed E-state index contributed by atoms with van der Waals surface area (Å²) >= 11 is 0. The second kappa shape index (κ2) is 10.7. The molecule has 0 aromatic heterocycles. The van der Waals surface area contributed by atoms with Crippen molar-refractivity contribution in [3.05, 3.63) is 89.7 Å². The van der Waals surface area contributed by atoms with E-state index in [1.807, 2.05) is 19.9 Å². The summed E-state index contributed by atoms with van der Waals surface area (Å²) in [7, 11) is -1.12. The van der Waals surface area contributed by atoms with Crippen molar-refractivity contribution in [2.45, 2.75) is 36.0 Å². The standard InChI is InChI=1S/C28H28O6S/c1-6-20-17-18-28(2,3)34-24(20)14-10-13-23(29)27(35(30,31)22-11-8-7-9-12-22)21-15-16-25(32-4)26(19-21)33-5/h1,7-12,14-19,27H,13H2,2-5H3/b14-10-. The number of carbonyl (C=O) groups is 1. The van der Waals surface area contributed by atoms with Crippen LogP contribution in [0.5, 0.6) is 11.5 Å². The number of rotatable bonds is 9. The lowest BCUT2D eigenvalue weighted by atomic mass is 10.0. The van der Waals surface area contributed by atoms with Crippen molar-refractivity contribution in [3.63, 3.8) is 0 Å². The maximum Gasteiger partial charge on any atom is 0.192 e. The van der Waals surface area contributed by atoms with Gasteiger partial charge in [0.25, 0.3) is 0 Å². The average molecular weight is 493 g/mol. The van der Waals surface area contributed by atoms with Crippen LogP contribution < -0.4 is 9.47 Å². The molecule has 0 spiro atoms. The van der Waals surface area contributed by atoms with E-state index in [1.165, 1.54) is 32.4 Å². The Balaban J connectivity index is 1.99. The number of benzene rings is 2. The van der Waals surface area contributed by atoms with Crippen molar-refractivity contribution in [1.29, 1.82) is 0 Å². The Bertz CT molecular complexity index is 1330. The number of Topliss-reactive ketones (excluding diaryl/α,β-unsaturated/α-hetero) is 1. The van der Waals surface area contributed by atoms with Crippen LogP contribution in [0.25, 0.3) is 0 Å². The van der Waals surface area contributed by atoms with E-state index in [0.29, 0.717) is 22.8 Å². The zero-order chi connectivity index (χ0) is 25.6. The fraction of sp³-hybridized carbons (Fsp3) is 0.250. The van der Waals surface area contributed by atoms with E-state index < -0.39 is 26.5 Å². The molecule has 0 aliphatic carbocycles. The molecule has 0 saturated heterocycles. The first-order chi connectivity index (χ1) is 16.6. The third-order valence-corrected chi connectivity index (χ3v) is 7.50. The van der Waals surface area contributed by atoms with Gasteiger partial charge in [-0.25, -0.2) is 8.42 Å². The maximum atomic E-state index is 13.6. The summed E-state index contributed by atoms with van der Waals surface area (Å²) in [5, 5.41) is -1.45. The second-order valence-electron chi connectivity index (χ2n) is 8.39. The molecule has 182 valence electrons. The Kier molecular flexibility index (Phi) is 7.88. The van der Waals surface area contributed by atoms with Gasteiger partial charge in [-0.1, -0.05) is 36.3 Å². The minimum atomic E-state index is -4.05. The predicted octanol–water partition coefficient (Wildman–Crippen LogP) is 4.99. The van der Waals surface area contributed by atoms with E-state index in [-0.39, 0.29) is 16.9 Å². The molecule has 0 radical (unpaired) electrons. The van der Waals surface area contributed by atoms with Crippen molar-refractivity contribution in [3.8, 4) is 23.8 Å². The van der Waals surface area contributed by atoms with Gasteiger partial charge in [-0.3, -0.25) is 4.79 Å². The molecular weight excluding hydrogens is 464 g/mol. The molecule has 1 unspecified atom stereocenters.